The summed E-state index contributed by atoms with van der Waals surface area (Å²) in [6.45, 7) is 0.891. The number of aryl methyl sites for hydroxylation is 1. The Hall–Kier alpha value is -3.50. The Bertz CT molecular complexity index is 1040. The molecule has 0 atom stereocenters. The smallest absolute Gasteiger partial charge is 0.416 e. The van der Waals surface area contributed by atoms with Gasteiger partial charge in [0.05, 0.1) is 17.3 Å². The van der Waals surface area contributed by atoms with Crippen molar-refractivity contribution in [2.24, 2.45) is 0 Å². The van der Waals surface area contributed by atoms with E-state index >= 15 is 0 Å². The highest BCUT2D eigenvalue weighted by molar-refractivity contribution is 5.92. The predicted octanol–water partition coefficient (Wildman–Crippen LogP) is 5.71. The van der Waals surface area contributed by atoms with E-state index in [4.69, 9.17) is 9.15 Å². The number of carbonyl (C=O) groups is 1. The number of benzene rings is 2. The first-order chi connectivity index (χ1) is 14.4. The number of ether oxygens (including phenoxy) is 1. The zero-order valence-electron chi connectivity index (χ0n) is 15.8. The van der Waals surface area contributed by atoms with Gasteiger partial charge in [0.15, 0.2) is 18.3 Å². The van der Waals surface area contributed by atoms with Gasteiger partial charge in [0.1, 0.15) is 5.75 Å². The van der Waals surface area contributed by atoms with Crippen molar-refractivity contribution in [2.75, 3.05) is 11.9 Å². The van der Waals surface area contributed by atoms with Gasteiger partial charge < -0.3 is 14.5 Å². The highest BCUT2D eigenvalue weighted by Crippen LogP contribution is 2.38. The second-order valence-electron chi connectivity index (χ2n) is 6.40. The average Bonchev–Trinajstić information content (AvgIpc) is 3.12. The third-order valence-corrected chi connectivity index (χ3v) is 4.01. The minimum absolute atomic E-state index is 0.0233. The number of anilines is 1. The number of amides is 1. The molecule has 0 saturated carbocycles. The molecule has 1 heterocycles. The lowest BCUT2D eigenvalue weighted by atomic mass is 10.1. The predicted molar refractivity (Wildman–Crippen MR) is 97.2 cm³/mol. The van der Waals surface area contributed by atoms with Crippen LogP contribution in [0, 0.1) is 6.92 Å². The minimum atomic E-state index is -5.01. The third kappa shape index (κ3) is 5.77. The minimum Gasteiger partial charge on any atom is -0.484 e. The molecule has 1 amide bonds. The number of nitrogens with zero attached hydrogens (tertiary/aromatic N) is 1. The van der Waals surface area contributed by atoms with Crippen molar-refractivity contribution in [3.05, 3.63) is 65.7 Å². The number of alkyl halides is 6. The van der Waals surface area contributed by atoms with Crippen molar-refractivity contribution in [3.63, 3.8) is 0 Å². The number of aromatic nitrogens is 1. The molecule has 2 aromatic carbocycles. The van der Waals surface area contributed by atoms with Gasteiger partial charge in [0.25, 0.3) is 5.91 Å². The summed E-state index contributed by atoms with van der Waals surface area (Å²) in [7, 11) is 0. The molecule has 5 nitrogen and oxygen atoms in total. The van der Waals surface area contributed by atoms with E-state index in [-0.39, 0.29) is 6.07 Å². The van der Waals surface area contributed by atoms with E-state index in [1.807, 2.05) is 0 Å². The van der Waals surface area contributed by atoms with Crippen molar-refractivity contribution >= 4 is 11.6 Å². The highest BCUT2D eigenvalue weighted by Gasteiger charge is 2.37. The standard InChI is InChI=1S/C20H14F6N2O3/c1-11-27-9-17(31-11)12-2-4-15(5-3-12)28-18(29)10-30-16-7-13(19(21,22)23)6-14(8-16)20(24,25)26/h2-9H,10H2,1H3,(H,28,29). The summed E-state index contributed by atoms with van der Waals surface area (Å²) in [5.41, 5.74) is -2.03. The van der Waals surface area contributed by atoms with Crippen LogP contribution in [0.2, 0.25) is 0 Å². The van der Waals surface area contributed by atoms with Gasteiger partial charge in [0.2, 0.25) is 0 Å². The Labute approximate surface area is 171 Å². The highest BCUT2D eigenvalue weighted by atomic mass is 19.4. The molecule has 3 rings (SSSR count). The van der Waals surface area contributed by atoms with Crippen LogP contribution in [-0.2, 0) is 17.1 Å². The summed E-state index contributed by atoms with van der Waals surface area (Å²) >= 11 is 0. The Morgan fingerprint density at radius 3 is 2.06 bits per heavy atom. The van der Waals surface area contributed by atoms with Crippen LogP contribution in [0.1, 0.15) is 17.0 Å². The van der Waals surface area contributed by atoms with Crippen molar-refractivity contribution in [1.82, 2.24) is 4.98 Å². The van der Waals surface area contributed by atoms with Crippen LogP contribution in [0.3, 0.4) is 0 Å². The van der Waals surface area contributed by atoms with Crippen LogP contribution in [0.5, 0.6) is 5.75 Å². The van der Waals surface area contributed by atoms with Crippen LogP contribution in [-0.4, -0.2) is 17.5 Å². The van der Waals surface area contributed by atoms with E-state index in [9.17, 15) is 31.1 Å². The molecule has 0 fully saturated rings. The van der Waals surface area contributed by atoms with Gasteiger partial charge in [-0.2, -0.15) is 26.3 Å². The molecular weight excluding hydrogens is 430 g/mol. The van der Waals surface area contributed by atoms with Crippen LogP contribution in [0.4, 0.5) is 32.0 Å². The number of carbonyl (C=O) groups excluding carboxylic acids is 1. The summed E-state index contributed by atoms with van der Waals surface area (Å²) in [4.78, 5) is 16.0. The van der Waals surface area contributed by atoms with E-state index in [1.54, 1.807) is 19.1 Å². The Balaban J connectivity index is 1.66. The van der Waals surface area contributed by atoms with E-state index in [0.717, 1.165) is 0 Å². The maximum absolute atomic E-state index is 12.9. The Morgan fingerprint density at radius 2 is 1.58 bits per heavy atom. The number of halogens is 6. The summed E-state index contributed by atoms with van der Waals surface area (Å²) < 4.78 is 87.4. The summed E-state index contributed by atoms with van der Waals surface area (Å²) in [6, 6.07) is 7.13. The quantitative estimate of drug-likeness (QED) is 0.513. The molecule has 11 heteroatoms. The molecular formula is C20H14F6N2O3. The maximum atomic E-state index is 12.9. The van der Waals surface area contributed by atoms with Gasteiger partial charge in [-0.05, 0) is 42.5 Å². The van der Waals surface area contributed by atoms with Gasteiger partial charge in [0, 0.05) is 18.2 Å². The molecule has 3 aromatic rings. The first kappa shape index (κ1) is 22.2. The lowest BCUT2D eigenvalue weighted by molar-refractivity contribution is -0.143. The zero-order chi connectivity index (χ0) is 22.8. The summed E-state index contributed by atoms with van der Waals surface area (Å²) in [6.07, 6.45) is -8.49. The van der Waals surface area contributed by atoms with Gasteiger partial charge in [-0.3, -0.25) is 4.79 Å². The maximum Gasteiger partial charge on any atom is 0.416 e. The van der Waals surface area contributed by atoms with E-state index < -0.39 is 41.7 Å². The largest absolute Gasteiger partial charge is 0.484 e. The zero-order valence-corrected chi connectivity index (χ0v) is 15.8. The van der Waals surface area contributed by atoms with Crippen molar-refractivity contribution in [2.45, 2.75) is 19.3 Å². The molecule has 0 bridgehead atoms. The molecule has 0 aliphatic carbocycles. The molecule has 0 radical (unpaired) electrons. The topological polar surface area (TPSA) is 64.4 Å². The molecule has 31 heavy (non-hydrogen) atoms. The Kier molecular flexibility index (Phi) is 5.96. The first-order valence-corrected chi connectivity index (χ1v) is 8.67. The van der Waals surface area contributed by atoms with Gasteiger partial charge >= 0.3 is 12.4 Å². The van der Waals surface area contributed by atoms with Gasteiger partial charge in [-0.15, -0.1) is 0 Å². The average molecular weight is 444 g/mol. The summed E-state index contributed by atoms with van der Waals surface area (Å²) in [5, 5.41) is 2.43. The molecule has 0 aliphatic rings. The fraction of sp³-hybridized carbons (Fsp3) is 0.200. The normalized spacial score (nSPS) is 12.0. The molecule has 1 aromatic heterocycles. The fourth-order valence-corrected chi connectivity index (χ4v) is 2.57. The number of hydrogen-bond acceptors (Lipinski definition) is 4. The van der Waals surface area contributed by atoms with Gasteiger partial charge in [-0.25, -0.2) is 4.98 Å². The lowest BCUT2D eigenvalue weighted by Gasteiger charge is -2.14. The SMILES string of the molecule is Cc1ncc(-c2ccc(NC(=O)COc3cc(C(F)(F)F)cc(C(F)(F)F)c3)cc2)o1. The molecule has 0 spiro atoms. The van der Waals surface area contributed by atoms with E-state index in [2.05, 4.69) is 10.3 Å². The summed E-state index contributed by atoms with van der Waals surface area (Å²) in [5.74, 6) is -0.501. The molecule has 0 unspecified atom stereocenters. The first-order valence-electron chi connectivity index (χ1n) is 8.67. The van der Waals surface area contributed by atoms with Crippen molar-refractivity contribution < 1.29 is 40.3 Å². The van der Waals surface area contributed by atoms with Crippen LogP contribution in [0.25, 0.3) is 11.3 Å². The lowest BCUT2D eigenvalue weighted by Crippen LogP contribution is -2.20. The molecule has 0 aliphatic heterocycles. The van der Waals surface area contributed by atoms with E-state index in [0.29, 0.717) is 35.0 Å². The molecule has 0 saturated heterocycles. The number of hydrogen-bond donors (Lipinski definition) is 1. The second-order valence-corrected chi connectivity index (χ2v) is 6.40. The van der Waals surface area contributed by atoms with Crippen LogP contribution >= 0.6 is 0 Å². The van der Waals surface area contributed by atoms with Crippen molar-refractivity contribution in [3.8, 4) is 17.1 Å². The molecule has 164 valence electrons. The molecule has 1 N–H and O–H groups in total. The van der Waals surface area contributed by atoms with Crippen LogP contribution in [0.15, 0.2) is 53.1 Å². The monoisotopic (exact) mass is 444 g/mol. The second kappa shape index (κ2) is 8.32. The van der Waals surface area contributed by atoms with Gasteiger partial charge in [-0.1, -0.05) is 0 Å². The number of oxazole rings is 1. The van der Waals surface area contributed by atoms with Crippen molar-refractivity contribution in [1.29, 1.82) is 0 Å². The fourth-order valence-electron chi connectivity index (χ4n) is 2.57. The number of rotatable bonds is 5. The third-order valence-electron chi connectivity index (χ3n) is 4.01. The Morgan fingerprint density at radius 1 is 1.00 bits per heavy atom. The number of nitrogens with one attached hydrogen (secondary N) is 1. The van der Waals surface area contributed by atoms with Crippen LogP contribution < -0.4 is 10.1 Å². The van der Waals surface area contributed by atoms with E-state index in [1.165, 1.54) is 18.3 Å².